The first-order valence-electron chi connectivity index (χ1n) is 9.24. The van der Waals surface area contributed by atoms with Crippen molar-refractivity contribution in [1.29, 1.82) is 5.26 Å². The quantitative estimate of drug-likeness (QED) is 0.852. The van der Waals surface area contributed by atoms with Gasteiger partial charge in [-0.3, -0.25) is 9.69 Å². The number of aromatic nitrogens is 1. The van der Waals surface area contributed by atoms with Gasteiger partial charge >= 0.3 is 0 Å². The monoisotopic (exact) mass is 364 g/mol. The Morgan fingerprint density at radius 3 is 2.78 bits per heavy atom. The van der Waals surface area contributed by atoms with Gasteiger partial charge in [-0.05, 0) is 57.1 Å². The Kier molecular flexibility index (Phi) is 6.39. The summed E-state index contributed by atoms with van der Waals surface area (Å²) in [6.07, 6.45) is 1.65. The van der Waals surface area contributed by atoms with Crippen molar-refractivity contribution >= 4 is 11.7 Å². The molecule has 0 radical (unpaired) electrons. The van der Waals surface area contributed by atoms with E-state index in [-0.39, 0.29) is 11.8 Å². The van der Waals surface area contributed by atoms with Gasteiger partial charge < -0.3 is 10.1 Å². The Morgan fingerprint density at radius 2 is 2.04 bits per heavy atom. The summed E-state index contributed by atoms with van der Waals surface area (Å²) in [4.78, 5) is 19.1. The number of nitriles is 1. The van der Waals surface area contributed by atoms with Crippen LogP contribution in [0.4, 0.5) is 5.82 Å². The lowest BCUT2D eigenvalue weighted by Gasteiger charge is -2.31. The van der Waals surface area contributed by atoms with Crippen molar-refractivity contribution < 1.29 is 9.53 Å². The number of amides is 1. The van der Waals surface area contributed by atoms with Crippen LogP contribution in [-0.2, 0) is 4.79 Å². The molecule has 0 saturated carbocycles. The number of pyridine rings is 1. The number of piperidine rings is 1. The number of hydrogen-bond donors (Lipinski definition) is 1. The maximum atomic E-state index is 12.4. The molecule has 1 aromatic heterocycles. The van der Waals surface area contributed by atoms with E-state index < -0.39 is 0 Å². The number of rotatable bonds is 6. The number of carbonyl (C=O) groups excluding carboxylic acids is 1. The molecule has 27 heavy (non-hydrogen) atoms. The Balaban J connectivity index is 1.41. The second-order valence-electron chi connectivity index (χ2n) is 6.73. The van der Waals surface area contributed by atoms with E-state index in [4.69, 9.17) is 10.00 Å². The molecule has 1 fully saturated rings. The minimum atomic E-state index is 0.0174. The number of carbonyl (C=O) groups is 1. The first-order chi connectivity index (χ1) is 13.2. The van der Waals surface area contributed by atoms with Gasteiger partial charge in [0.05, 0.1) is 5.56 Å². The summed E-state index contributed by atoms with van der Waals surface area (Å²) in [5.41, 5.74) is 1.44. The van der Waals surface area contributed by atoms with Crippen LogP contribution in [0.1, 0.15) is 24.1 Å². The van der Waals surface area contributed by atoms with Crippen LogP contribution < -0.4 is 10.1 Å². The number of aryl methyl sites for hydroxylation is 1. The normalized spacial score (nSPS) is 15.1. The minimum absolute atomic E-state index is 0.0174. The maximum absolute atomic E-state index is 12.4. The average Bonchev–Trinajstić information content (AvgIpc) is 2.69. The molecule has 0 spiro atoms. The Labute approximate surface area is 159 Å². The Morgan fingerprint density at radius 1 is 1.26 bits per heavy atom. The molecular formula is C21H24N4O2. The van der Waals surface area contributed by atoms with E-state index in [1.165, 1.54) is 0 Å². The molecule has 1 aliphatic rings. The summed E-state index contributed by atoms with van der Waals surface area (Å²) in [5, 5.41) is 12.0. The first kappa shape index (κ1) is 18.9. The second-order valence-corrected chi connectivity index (χ2v) is 6.73. The molecule has 0 unspecified atom stereocenters. The minimum Gasteiger partial charge on any atom is -0.491 e. The molecule has 6 heteroatoms. The van der Waals surface area contributed by atoms with E-state index in [1.54, 1.807) is 6.07 Å². The van der Waals surface area contributed by atoms with Gasteiger partial charge in [-0.25, -0.2) is 4.98 Å². The van der Waals surface area contributed by atoms with Crippen molar-refractivity contribution in [3.05, 3.63) is 53.7 Å². The van der Waals surface area contributed by atoms with E-state index in [1.807, 2.05) is 43.3 Å². The first-order valence-corrected chi connectivity index (χ1v) is 9.24. The SMILES string of the molecule is Cc1cccc(NC(=O)C2CCN(CCOc3ccccc3C#N)CC2)n1. The smallest absolute Gasteiger partial charge is 0.228 e. The van der Waals surface area contributed by atoms with Gasteiger partial charge in [0, 0.05) is 18.2 Å². The number of likely N-dealkylation sites (tertiary alicyclic amines) is 1. The van der Waals surface area contributed by atoms with Crippen molar-refractivity contribution in [2.75, 3.05) is 31.6 Å². The molecule has 6 nitrogen and oxygen atoms in total. The molecule has 0 atom stereocenters. The lowest BCUT2D eigenvalue weighted by atomic mass is 9.96. The van der Waals surface area contributed by atoms with E-state index >= 15 is 0 Å². The number of nitrogens with zero attached hydrogens (tertiary/aromatic N) is 3. The summed E-state index contributed by atoms with van der Waals surface area (Å²) >= 11 is 0. The van der Waals surface area contributed by atoms with Crippen LogP contribution in [0.2, 0.25) is 0 Å². The number of ether oxygens (including phenoxy) is 1. The molecule has 3 rings (SSSR count). The predicted octanol–water partition coefficient (Wildman–Crippen LogP) is 2.99. The van der Waals surface area contributed by atoms with Crippen LogP contribution in [0.15, 0.2) is 42.5 Å². The van der Waals surface area contributed by atoms with Crippen LogP contribution >= 0.6 is 0 Å². The highest BCUT2D eigenvalue weighted by atomic mass is 16.5. The molecule has 1 amide bonds. The van der Waals surface area contributed by atoms with E-state index in [2.05, 4.69) is 21.3 Å². The predicted molar refractivity (Wildman–Crippen MR) is 103 cm³/mol. The molecule has 1 aliphatic heterocycles. The molecule has 0 aliphatic carbocycles. The highest BCUT2D eigenvalue weighted by Crippen LogP contribution is 2.20. The van der Waals surface area contributed by atoms with E-state index in [9.17, 15) is 4.79 Å². The fraction of sp³-hybridized carbons (Fsp3) is 0.381. The van der Waals surface area contributed by atoms with Gasteiger partial charge in [-0.1, -0.05) is 18.2 Å². The van der Waals surface area contributed by atoms with Gasteiger partial charge in [0.1, 0.15) is 24.2 Å². The highest BCUT2D eigenvalue weighted by molar-refractivity contribution is 5.91. The molecule has 140 valence electrons. The van der Waals surface area contributed by atoms with Crippen LogP contribution in [-0.4, -0.2) is 42.0 Å². The van der Waals surface area contributed by atoms with Crippen molar-refractivity contribution in [2.24, 2.45) is 5.92 Å². The Bertz CT molecular complexity index is 823. The fourth-order valence-corrected chi connectivity index (χ4v) is 3.23. The summed E-state index contributed by atoms with van der Waals surface area (Å²) in [6, 6.07) is 15.0. The zero-order chi connectivity index (χ0) is 19.1. The number of anilines is 1. The van der Waals surface area contributed by atoms with Gasteiger partial charge in [0.15, 0.2) is 0 Å². The zero-order valence-corrected chi connectivity index (χ0v) is 15.5. The van der Waals surface area contributed by atoms with Crippen molar-refractivity contribution in [3.8, 4) is 11.8 Å². The third-order valence-corrected chi connectivity index (χ3v) is 4.77. The molecule has 1 aromatic carbocycles. The zero-order valence-electron chi connectivity index (χ0n) is 15.5. The van der Waals surface area contributed by atoms with E-state index in [0.717, 1.165) is 38.2 Å². The van der Waals surface area contributed by atoms with Gasteiger partial charge in [-0.15, -0.1) is 0 Å². The fourth-order valence-electron chi connectivity index (χ4n) is 3.23. The number of para-hydroxylation sites is 1. The number of hydrogen-bond acceptors (Lipinski definition) is 5. The second kappa shape index (κ2) is 9.15. The molecule has 1 saturated heterocycles. The molecule has 2 aromatic rings. The summed E-state index contributed by atoms with van der Waals surface area (Å²) in [5.74, 6) is 1.31. The summed E-state index contributed by atoms with van der Waals surface area (Å²) in [7, 11) is 0. The topological polar surface area (TPSA) is 78.3 Å². The lowest BCUT2D eigenvalue weighted by molar-refractivity contribution is -0.121. The largest absolute Gasteiger partial charge is 0.491 e. The van der Waals surface area contributed by atoms with Crippen molar-refractivity contribution in [3.63, 3.8) is 0 Å². The van der Waals surface area contributed by atoms with Crippen molar-refractivity contribution in [2.45, 2.75) is 19.8 Å². The molecule has 1 N–H and O–H groups in total. The Hall–Kier alpha value is -2.91. The average molecular weight is 364 g/mol. The lowest BCUT2D eigenvalue weighted by Crippen LogP contribution is -2.40. The summed E-state index contributed by atoms with van der Waals surface area (Å²) in [6.45, 7) is 4.95. The highest BCUT2D eigenvalue weighted by Gasteiger charge is 2.25. The number of nitrogens with one attached hydrogen (secondary N) is 1. The van der Waals surface area contributed by atoms with Gasteiger partial charge in [-0.2, -0.15) is 5.26 Å². The standard InChI is InChI=1S/C21H24N4O2/c1-16-5-4-8-20(23-16)24-21(26)17-9-11-25(12-10-17)13-14-27-19-7-3-2-6-18(19)15-22/h2-8,17H,9-14H2,1H3,(H,23,24,26). The van der Waals surface area contributed by atoms with Crippen LogP contribution in [0.5, 0.6) is 5.75 Å². The summed E-state index contributed by atoms with van der Waals surface area (Å²) < 4.78 is 5.74. The number of benzene rings is 1. The van der Waals surface area contributed by atoms with Gasteiger partial charge in [0.25, 0.3) is 0 Å². The maximum Gasteiger partial charge on any atom is 0.228 e. The van der Waals surface area contributed by atoms with Crippen LogP contribution in [0.25, 0.3) is 0 Å². The third-order valence-electron chi connectivity index (χ3n) is 4.77. The molecule has 2 heterocycles. The van der Waals surface area contributed by atoms with Crippen LogP contribution in [0.3, 0.4) is 0 Å². The molecular weight excluding hydrogens is 340 g/mol. The third kappa shape index (κ3) is 5.28. The van der Waals surface area contributed by atoms with Gasteiger partial charge in [0.2, 0.25) is 5.91 Å². The van der Waals surface area contributed by atoms with E-state index in [0.29, 0.717) is 23.7 Å². The van der Waals surface area contributed by atoms with Crippen molar-refractivity contribution in [1.82, 2.24) is 9.88 Å². The van der Waals surface area contributed by atoms with Crippen LogP contribution in [0, 0.1) is 24.2 Å². The molecule has 0 bridgehead atoms.